The van der Waals surface area contributed by atoms with Crippen molar-refractivity contribution in [3.63, 3.8) is 0 Å². The highest BCUT2D eigenvalue weighted by molar-refractivity contribution is 5.80. The molecule has 1 saturated heterocycles. The van der Waals surface area contributed by atoms with Gasteiger partial charge >= 0.3 is 0 Å². The fourth-order valence-corrected chi connectivity index (χ4v) is 3.34. The van der Waals surface area contributed by atoms with Crippen molar-refractivity contribution in [2.45, 2.75) is 39.3 Å². The van der Waals surface area contributed by atoms with Gasteiger partial charge in [-0.15, -0.1) is 0 Å². The second-order valence-electron chi connectivity index (χ2n) is 7.21. The molecule has 0 spiro atoms. The zero-order valence-electron chi connectivity index (χ0n) is 17.0. The van der Waals surface area contributed by atoms with E-state index in [0.29, 0.717) is 23.1 Å². The summed E-state index contributed by atoms with van der Waals surface area (Å²) in [6.45, 7) is 6.79. The van der Waals surface area contributed by atoms with Gasteiger partial charge in [0.2, 0.25) is 0 Å². The van der Waals surface area contributed by atoms with Crippen molar-refractivity contribution in [2.75, 3.05) is 24.5 Å². The summed E-state index contributed by atoms with van der Waals surface area (Å²) < 4.78 is 14.0. The third-order valence-corrected chi connectivity index (χ3v) is 4.98. The summed E-state index contributed by atoms with van der Waals surface area (Å²) in [6, 6.07) is 10.8. The molecule has 152 valence electrons. The van der Waals surface area contributed by atoms with Crippen LogP contribution in [0.4, 0.5) is 10.2 Å². The Bertz CT molecular complexity index is 879. The van der Waals surface area contributed by atoms with Crippen LogP contribution >= 0.6 is 0 Å². The molecule has 0 unspecified atom stereocenters. The monoisotopic (exact) mass is 394 g/mol. The average Bonchev–Trinajstić information content (AvgIpc) is 2.74. The number of nitrogens with one attached hydrogen (secondary N) is 2. The van der Waals surface area contributed by atoms with E-state index < -0.39 is 0 Å². The molecule has 0 amide bonds. The maximum absolute atomic E-state index is 14.0. The Kier molecular flexibility index (Phi) is 7.01. The Morgan fingerprint density at radius 3 is 2.76 bits per heavy atom. The molecule has 3 rings (SSSR count). The number of aromatic nitrogens is 1. The number of guanidine groups is 1. The fraction of sp³-hybridized carbons (Fsp3) is 0.409. The van der Waals surface area contributed by atoms with Crippen LogP contribution in [0.1, 0.15) is 36.5 Å². The number of hydrogen-bond acceptors (Lipinski definition) is 4. The molecular formula is C22H27FN6. The van der Waals surface area contributed by atoms with Crippen LogP contribution in [0.5, 0.6) is 0 Å². The van der Waals surface area contributed by atoms with Crippen LogP contribution < -0.4 is 15.5 Å². The van der Waals surface area contributed by atoms with Crippen LogP contribution in [0.3, 0.4) is 0 Å². The highest BCUT2D eigenvalue weighted by Crippen LogP contribution is 2.18. The third kappa shape index (κ3) is 5.67. The molecule has 1 aromatic heterocycles. The van der Waals surface area contributed by atoms with E-state index in [-0.39, 0.29) is 12.4 Å². The second-order valence-corrected chi connectivity index (χ2v) is 7.21. The fourth-order valence-electron chi connectivity index (χ4n) is 3.34. The molecule has 0 bridgehead atoms. The lowest BCUT2D eigenvalue weighted by molar-refractivity contribution is 0.459. The SMILES string of the molecule is CCNC(=NCc1cc(C#N)ccc1F)NC1CCN(c2ccc(C)cn2)CC1. The van der Waals surface area contributed by atoms with Gasteiger partial charge in [0.15, 0.2) is 5.96 Å². The first-order valence-corrected chi connectivity index (χ1v) is 10.00. The number of anilines is 1. The molecule has 6 nitrogen and oxygen atoms in total. The van der Waals surface area contributed by atoms with Gasteiger partial charge in [0.25, 0.3) is 0 Å². The molecule has 7 heteroatoms. The largest absolute Gasteiger partial charge is 0.357 e. The van der Waals surface area contributed by atoms with E-state index >= 15 is 0 Å². The van der Waals surface area contributed by atoms with Crippen LogP contribution in [0.15, 0.2) is 41.5 Å². The van der Waals surface area contributed by atoms with Gasteiger partial charge in [-0.2, -0.15) is 5.26 Å². The maximum Gasteiger partial charge on any atom is 0.191 e. The van der Waals surface area contributed by atoms with Gasteiger partial charge < -0.3 is 15.5 Å². The predicted molar refractivity (Wildman–Crippen MR) is 113 cm³/mol. The summed E-state index contributed by atoms with van der Waals surface area (Å²) in [5.74, 6) is 1.34. The number of nitriles is 1. The molecule has 1 aliphatic heterocycles. The number of aryl methyl sites for hydroxylation is 1. The number of nitrogens with zero attached hydrogens (tertiary/aromatic N) is 4. The maximum atomic E-state index is 14.0. The highest BCUT2D eigenvalue weighted by atomic mass is 19.1. The number of aliphatic imine (C=N–C) groups is 1. The quantitative estimate of drug-likeness (QED) is 0.602. The standard InChI is InChI=1S/C22H27FN6/c1-3-25-22(27-15-18-12-17(13-24)5-6-20(18)23)28-19-8-10-29(11-9-19)21-7-4-16(2)14-26-21/h4-7,12,14,19H,3,8-11,15H2,1-2H3,(H2,25,27,28). The summed E-state index contributed by atoms with van der Waals surface area (Å²) in [6.07, 6.45) is 3.84. The lowest BCUT2D eigenvalue weighted by atomic mass is 10.1. The molecule has 2 N–H and O–H groups in total. The molecule has 1 fully saturated rings. The Hall–Kier alpha value is -3.14. The topological polar surface area (TPSA) is 76.3 Å². The van der Waals surface area contributed by atoms with Crippen molar-refractivity contribution < 1.29 is 4.39 Å². The number of benzene rings is 1. The summed E-state index contributed by atoms with van der Waals surface area (Å²) in [4.78, 5) is 11.3. The molecule has 0 saturated carbocycles. The van der Waals surface area contributed by atoms with Crippen molar-refractivity contribution in [3.8, 4) is 6.07 Å². The smallest absolute Gasteiger partial charge is 0.191 e. The van der Waals surface area contributed by atoms with E-state index in [0.717, 1.165) is 43.9 Å². The van der Waals surface area contributed by atoms with Crippen molar-refractivity contribution in [3.05, 3.63) is 59.0 Å². The first kappa shape index (κ1) is 20.6. The number of hydrogen-bond donors (Lipinski definition) is 2. The average molecular weight is 394 g/mol. The molecule has 1 aliphatic rings. The number of piperidine rings is 1. The lowest BCUT2D eigenvalue weighted by Crippen LogP contribution is -2.48. The van der Waals surface area contributed by atoms with E-state index in [1.54, 1.807) is 6.07 Å². The predicted octanol–water partition coefficient (Wildman–Crippen LogP) is 3.12. The molecule has 29 heavy (non-hydrogen) atoms. The van der Waals surface area contributed by atoms with Crippen molar-refractivity contribution in [1.82, 2.24) is 15.6 Å². The van der Waals surface area contributed by atoms with E-state index in [1.807, 2.05) is 26.1 Å². The minimum atomic E-state index is -0.345. The minimum Gasteiger partial charge on any atom is -0.357 e. The van der Waals surface area contributed by atoms with Crippen molar-refractivity contribution >= 4 is 11.8 Å². The Morgan fingerprint density at radius 1 is 1.31 bits per heavy atom. The van der Waals surface area contributed by atoms with E-state index in [9.17, 15) is 4.39 Å². The van der Waals surface area contributed by atoms with Gasteiger partial charge in [-0.1, -0.05) is 6.07 Å². The van der Waals surface area contributed by atoms with Crippen molar-refractivity contribution in [2.24, 2.45) is 4.99 Å². The molecule has 2 aromatic rings. The van der Waals surface area contributed by atoms with Crippen LogP contribution in [0.2, 0.25) is 0 Å². The number of rotatable bonds is 5. The third-order valence-electron chi connectivity index (χ3n) is 4.98. The zero-order valence-corrected chi connectivity index (χ0v) is 17.0. The van der Waals surface area contributed by atoms with E-state index in [4.69, 9.17) is 5.26 Å². The first-order chi connectivity index (χ1) is 14.1. The minimum absolute atomic E-state index is 0.183. The molecule has 0 radical (unpaired) electrons. The Labute approximate surface area is 171 Å². The Morgan fingerprint density at radius 2 is 2.10 bits per heavy atom. The second kappa shape index (κ2) is 9.87. The van der Waals surface area contributed by atoms with Gasteiger partial charge in [0, 0.05) is 37.4 Å². The van der Waals surface area contributed by atoms with Gasteiger partial charge in [-0.05, 0) is 56.5 Å². The molecule has 0 atom stereocenters. The molecule has 1 aromatic carbocycles. The van der Waals surface area contributed by atoms with Gasteiger partial charge in [-0.3, -0.25) is 0 Å². The van der Waals surface area contributed by atoms with Gasteiger partial charge in [-0.25, -0.2) is 14.4 Å². The summed E-state index contributed by atoms with van der Waals surface area (Å²) in [7, 11) is 0. The van der Waals surface area contributed by atoms with Crippen LogP contribution in [-0.4, -0.2) is 36.6 Å². The highest BCUT2D eigenvalue weighted by Gasteiger charge is 2.21. The van der Waals surface area contributed by atoms with Gasteiger partial charge in [0.1, 0.15) is 11.6 Å². The van der Waals surface area contributed by atoms with E-state index in [2.05, 4.69) is 37.6 Å². The van der Waals surface area contributed by atoms with Crippen molar-refractivity contribution in [1.29, 1.82) is 5.26 Å². The van der Waals surface area contributed by atoms with Crippen LogP contribution in [-0.2, 0) is 6.54 Å². The normalized spacial score (nSPS) is 15.1. The first-order valence-electron chi connectivity index (χ1n) is 10.00. The molecular weight excluding hydrogens is 367 g/mol. The van der Waals surface area contributed by atoms with Crippen LogP contribution in [0, 0.1) is 24.1 Å². The summed E-state index contributed by atoms with van der Waals surface area (Å²) >= 11 is 0. The number of pyridine rings is 1. The zero-order chi connectivity index (χ0) is 20.6. The van der Waals surface area contributed by atoms with Crippen LogP contribution in [0.25, 0.3) is 0 Å². The van der Waals surface area contributed by atoms with Gasteiger partial charge in [0.05, 0.1) is 18.2 Å². The van der Waals surface area contributed by atoms with E-state index in [1.165, 1.54) is 12.1 Å². The Balaban J connectivity index is 1.59. The number of halogens is 1. The summed E-state index contributed by atoms with van der Waals surface area (Å²) in [5, 5.41) is 15.7. The molecule has 2 heterocycles. The molecule has 0 aliphatic carbocycles. The lowest BCUT2D eigenvalue weighted by Gasteiger charge is -2.33. The summed E-state index contributed by atoms with van der Waals surface area (Å²) in [5.41, 5.74) is 2.02.